The van der Waals surface area contributed by atoms with E-state index in [0.717, 1.165) is 28.0 Å². The predicted molar refractivity (Wildman–Crippen MR) is 108 cm³/mol. The van der Waals surface area contributed by atoms with Crippen LogP contribution in [0.25, 0.3) is 11.0 Å². The minimum atomic E-state index is 0.0547. The Bertz CT molecular complexity index is 980. The summed E-state index contributed by atoms with van der Waals surface area (Å²) in [5.74, 6) is 0.839. The lowest BCUT2D eigenvalue weighted by Crippen LogP contribution is -2.37. The van der Waals surface area contributed by atoms with E-state index in [-0.39, 0.29) is 18.2 Å². The molecule has 2 aromatic heterocycles. The molecular weight excluding hydrogens is 376 g/mol. The molecule has 3 aromatic rings. The Labute approximate surface area is 167 Å². The second-order valence-corrected chi connectivity index (χ2v) is 7.75. The molecule has 3 heterocycles. The van der Waals surface area contributed by atoms with Gasteiger partial charge in [-0.1, -0.05) is 6.07 Å². The van der Waals surface area contributed by atoms with E-state index in [2.05, 4.69) is 0 Å². The van der Waals surface area contributed by atoms with E-state index in [1.807, 2.05) is 45.5 Å². The Morgan fingerprint density at radius 1 is 1.14 bits per heavy atom. The Morgan fingerprint density at radius 2 is 1.96 bits per heavy atom. The summed E-state index contributed by atoms with van der Waals surface area (Å²) >= 11 is 1.45. The number of hydrogen-bond donors (Lipinski definition) is 0. The van der Waals surface area contributed by atoms with Crippen molar-refractivity contribution in [3.05, 3.63) is 52.4 Å². The molecule has 1 fully saturated rings. The van der Waals surface area contributed by atoms with Gasteiger partial charge < -0.3 is 19.0 Å². The smallest absolute Gasteiger partial charge is 0.263 e. The maximum absolute atomic E-state index is 12.8. The van der Waals surface area contributed by atoms with Gasteiger partial charge in [-0.05, 0) is 30.0 Å². The minimum Gasteiger partial charge on any atom is -0.497 e. The summed E-state index contributed by atoms with van der Waals surface area (Å²) < 4.78 is 10.8. The van der Waals surface area contributed by atoms with E-state index in [1.54, 1.807) is 13.4 Å². The van der Waals surface area contributed by atoms with Crippen molar-refractivity contribution in [1.29, 1.82) is 0 Å². The number of carbonyl (C=O) groups is 2. The van der Waals surface area contributed by atoms with E-state index < -0.39 is 0 Å². The molecule has 0 aliphatic carbocycles. The third-order valence-corrected chi connectivity index (χ3v) is 5.93. The zero-order chi connectivity index (χ0) is 19.5. The van der Waals surface area contributed by atoms with Crippen molar-refractivity contribution < 1.29 is 18.7 Å². The zero-order valence-electron chi connectivity index (χ0n) is 15.7. The van der Waals surface area contributed by atoms with Crippen LogP contribution in [0.15, 0.2) is 46.4 Å². The van der Waals surface area contributed by atoms with Crippen molar-refractivity contribution >= 4 is 34.1 Å². The van der Waals surface area contributed by atoms with Crippen molar-refractivity contribution in [3.63, 3.8) is 0 Å². The first-order chi connectivity index (χ1) is 13.7. The van der Waals surface area contributed by atoms with E-state index in [1.165, 1.54) is 11.3 Å². The van der Waals surface area contributed by atoms with Crippen LogP contribution in [0.3, 0.4) is 0 Å². The largest absolute Gasteiger partial charge is 0.497 e. The molecule has 2 amide bonds. The fraction of sp³-hybridized carbons (Fsp3) is 0.333. The second kappa shape index (κ2) is 8.06. The number of methoxy groups -OCH3 is 1. The summed E-state index contributed by atoms with van der Waals surface area (Å²) in [6.45, 7) is 2.46. The van der Waals surface area contributed by atoms with Crippen molar-refractivity contribution in [2.45, 2.75) is 12.8 Å². The fourth-order valence-electron chi connectivity index (χ4n) is 3.53. The molecule has 0 saturated carbocycles. The third-order valence-electron chi connectivity index (χ3n) is 5.07. The lowest BCUT2D eigenvalue weighted by Gasteiger charge is -2.21. The van der Waals surface area contributed by atoms with Crippen molar-refractivity contribution in [3.8, 4) is 5.75 Å². The lowest BCUT2D eigenvalue weighted by molar-refractivity contribution is -0.130. The predicted octanol–water partition coefficient (Wildman–Crippen LogP) is 3.42. The molecule has 28 heavy (non-hydrogen) atoms. The zero-order valence-corrected chi connectivity index (χ0v) is 16.5. The van der Waals surface area contributed by atoms with Gasteiger partial charge in [0.25, 0.3) is 5.91 Å². The van der Waals surface area contributed by atoms with Gasteiger partial charge in [0.2, 0.25) is 5.91 Å². The molecular formula is C21H22N2O4S. The molecule has 146 valence electrons. The van der Waals surface area contributed by atoms with E-state index >= 15 is 0 Å². The molecule has 0 spiro atoms. The standard InChI is InChI=1S/C21H22N2O4S/c1-26-16-5-6-17-15(14-27-18(17)13-16)12-20(24)22-7-3-8-23(10-9-22)21(25)19-4-2-11-28-19/h2,4-6,11,13-14H,3,7-10,12H2,1H3. The van der Waals surface area contributed by atoms with Crippen molar-refractivity contribution in [1.82, 2.24) is 9.80 Å². The fourth-order valence-corrected chi connectivity index (χ4v) is 4.22. The normalized spacial score (nSPS) is 14.9. The Morgan fingerprint density at radius 3 is 2.75 bits per heavy atom. The van der Waals surface area contributed by atoms with Gasteiger partial charge in [0, 0.05) is 43.2 Å². The lowest BCUT2D eigenvalue weighted by atomic mass is 10.1. The number of ether oxygens (including phenoxy) is 1. The quantitative estimate of drug-likeness (QED) is 0.676. The van der Waals surface area contributed by atoms with Crippen LogP contribution < -0.4 is 4.74 Å². The summed E-state index contributed by atoms with van der Waals surface area (Å²) in [7, 11) is 1.61. The van der Waals surface area contributed by atoms with Gasteiger partial charge in [-0.15, -0.1) is 11.3 Å². The number of furan rings is 1. The topological polar surface area (TPSA) is 63.0 Å². The summed E-state index contributed by atoms with van der Waals surface area (Å²) in [6, 6.07) is 9.34. The third kappa shape index (κ3) is 3.75. The molecule has 1 saturated heterocycles. The number of amides is 2. The van der Waals surface area contributed by atoms with Crippen LogP contribution in [-0.2, 0) is 11.2 Å². The molecule has 0 bridgehead atoms. The number of fused-ring (bicyclic) bond motifs is 1. The van der Waals surface area contributed by atoms with Crippen LogP contribution in [-0.4, -0.2) is 54.9 Å². The summed E-state index contributed by atoms with van der Waals surface area (Å²) in [5.41, 5.74) is 1.59. The SMILES string of the molecule is COc1ccc2c(CC(=O)N3CCCN(C(=O)c4cccs4)CC3)coc2c1. The van der Waals surface area contributed by atoms with Gasteiger partial charge in [-0.2, -0.15) is 0 Å². The first-order valence-corrected chi connectivity index (χ1v) is 10.2. The maximum Gasteiger partial charge on any atom is 0.263 e. The van der Waals surface area contributed by atoms with Crippen LogP contribution in [0, 0.1) is 0 Å². The molecule has 1 aliphatic rings. The highest BCUT2D eigenvalue weighted by atomic mass is 32.1. The summed E-state index contributed by atoms with van der Waals surface area (Å²) in [5, 5.41) is 2.84. The minimum absolute atomic E-state index is 0.0547. The van der Waals surface area contributed by atoms with Crippen LogP contribution >= 0.6 is 11.3 Å². The van der Waals surface area contributed by atoms with Crippen molar-refractivity contribution in [2.75, 3.05) is 33.3 Å². The highest BCUT2D eigenvalue weighted by Gasteiger charge is 2.24. The van der Waals surface area contributed by atoms with E-state index in [0.29, 0.717) is 31.8 Å². The van der Waals surface area contributed by atoms with Gasteiger partial charge >= 0.3 is 0 Å². The van der Waals surface area contributed by atoms with Gasteiger partial charge in [0.1, 0.15) is 11.3 Å². The van der Waals surface area contributed by atoms with Gasteiger partial charge in [0.05, 0.1) is 24.7 Å². The Hall–Kier alpha value is -2.80. The highest BCUT2D eigenvalue weighted by molar-refractivity contribution is 7.12. The van der Waals surface area contributed by atoms with Crippen LogP contribution in [0.2, 0.25) is 0 Å². The first kappa shape index (κ1) is 18.6. The Kier molecular flexibility index (Phi) is 5.34. The molecule has 1 aromatic carbocycles. The van der Waals surface area contributed by atoms with Gasteiger partial charge in [-0.25, -0.2) is 0 Å². The van der Waals surface area contributed by atoms with Crippen molar-refractivity contribution in [2.24, 2.45) is 0 Å². The van der Waals surface area contributed by atoms with Gasteiger partial charge in [0.15, 0.2) is 0 Å². The average Bonchev–Trinajstić information content (AvgIpc) is 3.31. The highest BCUT2D eigenvalue weighted by Crippen LogP contribution is 2.26. The summed E-state index contributed by atoms with van der Waals surface area (Å²) in [4.78, 5) is 29.9. The molecule has 1 aliphatic heterocycles. The first-order valence-electron chi connectivity index (χ1n) is 9.30. The number of nitrogens with zero attached hydrogens (tertiary/aromatic N) is 2. The molecule has 7 heteroatoms. The molecule has 4 rings (SSSR count). The monoisotopic (exact) mass is 398 g/mol. The van der Waals surface area contributed by atoms with E-state index in [9.17, 15) is 9.59 Å². The van der Waals surface area contributed by atoms with Crippen LogP contribution in [0.4, 0.5) is 0 Å². The number of rotatable bonds is 4. The van der Waals surface area contributed by atoms with Crippen LogP contribution in [0.5, 0.6) is 5.75 Å². The summed E-state index contributed by atoms with van der Waals surface area (Å²) in [6.07, 6.45) is 2.72. The molecule has 0 atom stereocenters. The second-order valence-electron chi connectivity index (χ2n) is 6.80. The maximum atomic E-state index is 12.8. The van der Waals surface area contributed by atoms with Gasteiger partial charge in [-0.3, -0.25) is 9.59 Å². The molecule has 0 unspecified atom stereocenters. The van der Waals surface area contributed by atoms with Crippen LogP contribution in [0.1, 0.15) is 21.7 Å². The Balaban J connectivity index is 1.41. The number of benzene rings is 1. The average molecular weight is 398 g/mol. The number of thiophene rings is 1. The molecule has 0 N–H and O–H groups in total. The number of hydrogen-bond acceptors (Lipinski definition) is 5. The molecule has 0 radical (unpaired) electrons. The number of carbonyl (C=O) groups excluding carboxylic acids is 2. The molecule has 6 nitrogen and oxygen atoms in total. The van der Waals surface area contributed by atoms with E-state index in [4.69, 9.17) is 9.15 Å².